The van der Waals surface area contributed by atoms with Gasteiger partial charge in [-0.25, -0.2) is 0 Å². The van der Waals surface area contributed by atoms with Crippen LogP contribution in [-0.2, 0) is 4.79 Å². The first-order valence-corrected chi connectivity index (χ1v) is 10.8. The van der Waals surface area contributed by atoms with Crippen LogP contribution in [0.3, 0.4) is 0 Å². The molecule has 2 aromatic heterocycles. The van der Waals surface area contributed by atoms with Gasteiger partial charge in [0.25, 0.3) is 5.91 Å². The summed E-state index contributed by atoms with van der Waals surface area (Å²) in [5.41, 5.74) is 0.963. The van der Waals surface area contributed by atoms with Crippen LogP contribution in [0.15, 0.2) is 47.8 Å². The van der Waals surface area contributed by atoms with Gasteiger partial charge < -0.3 is 10.2 Å². The molecule has 2 heterocycles. The molecule has 0 bridgehead atoms. The molecule has 0 fully saturated rings. The molecule has 1 unspecified atom stereocenters. The van der Waals surface area contributed by atoms with Crippen LogP contribution in [0.25, 0.3) is 10.6 Å². The zero-order chi connectivity index (χ0) is 19.9. The minimum Gasteiger partial charge on any atom is -0.335 e. The van der Waals surface area contributed by atoms with Gasteiger partial charge in [-0.1, -0.05) is 54.7 Å². The van der Waals surface area contributed by atoms with Crippen molar-refractivity contribution in [2.24, 2.45) is 0 Å². The SMILES string of the molecule is CCC(C)N(CCC(=O)Nc1nnc(-c2ccccc2)s1)C(=O)c1cccs1. The van der Waals surface area contributed by atoms with E-state index >= 15 is 0 Å². The second-order valence-electron chi connectivity index (χ2n) is 6.31. The summed E-state index contributed by atoms with van der Waals surface area (Å²) < 4.78 is 0. The van der Waals surface area contributed by atoms with Crippen molar-refractivity contribution in [3.8, 4) is 10.6 Å². The van der Waals surface area contributed by atoms with Crippen molar-refractivity contribution in [3.63, 3.8) is 0 Å². The summed E-state index contributed by atoms with van der Waals surface area (Å²) in [6.07, 6.45) is 1.04. The molecule has 1 atom stereocenters. The highest BCUT2D eigenvalue weighted by Gasteiger charge is 2.22. The number of aromatic nitrogens is 2. The van der Waals surface area contributed by atoms with Gasteiger partial charge in [-0.05, 0) is 24.8 Å². The third kappa shape index (κ3) is 5.02. The summed E-state index contributed by atoms with van der Waals surface area (Å²) in [6.45, 7) is 4.40. The molecular weight excluding hydrogens is 392 g/mol. The Labute approximate surface area is 172 Å². The summed E-state index contributed by atoms with van der Waals surface area (Å²) in [5, 5.41) is 14.1. The molecule has 0 saturated heterocycles. The third-order valence-corrected chi connectivity index (χ3v) is 6.13. The molecule has 2 amide bonds. The van der Waals surface area contributed by atoms with Crippen LogP contribution < -0.4 is 5.32 Å². The highest BCUT2D eigenvalue weighted by atomic mass is 32.1. The summed E-state index contributed by atoms with van der Waals surface area (Å²) in [5.74, 6) is -0.206. The van der Waals surface area contributed by atoms with Crippen molar-refractivity contribution >= 4 is 39.6 Å². The minimum atomic E-state index is -0.178. The quantitative estimate of drug-likeness (QED) is 0.587. The van der Waals surface area contributed by atoms with Gasteiger partial charge in [0.1, 0.15) is 5.01 Å². The number of amides is 2. The second kappa shape index (κ2) is 9.57. The van der Waals surface area contributed by atoms with E-state index in [1.54, 1.807) is 4.90 Å². The normalized spacial score (nSPS) is 11.8. The molecule has 0 aliphatic carbocycles. The highest BCUT2D eigenvalue weighted by Crippen LogP contribution is 2.26. The number of hydrogen-bond donors (Lipinski definition) is 1. The van der Waals surface area contributed by atoms with E-state index < -0.39 is 0 Å². The lowest BCUT2D eigenvalue weighted by molar-refractivity contribution is -0.116. The number of benzene rings is 1. The van der Waals surface area contributed by atoms with Gasteiger partial charge >= 0.3 is 0 Å². The van der Waals surface area contributed by atoms with E-state index in [-0.39, 0.29) is 24.3 Å². The smallest absolute Gasteiger partial charge is 0.264 e. The maximum atomic E-state index is 12.7. The Balaban J connectivity index is 1.59. The van der Waals surface area contributed by atoms with Gasteiger partial charge in [-0.15, -0.1) is 21.5 Å². The first-order chi connectivity index (χ1) is 13.6. The molecule has 1 N–H and O–H groups in total. The molecule has 3 aromatic rings. The summed E-state index contributed by atoms with van der Waals surface area (Å²) in [6, 6.07) is 13.4. The summed E-state index contributed by atoms with van der Waals surface area (Å²) in [7, 11) is 0. The highest BCUT2D eigenvalue weighted by molar-refractivity contribution is 7.18. The predicted molar refractivity (Wildman–Crippen MR) is 114 cm³/mol. The van der Waals surface area contributed by atoms with Crippen LogP contribution in [0.1, 0.15) is 36.4 Å². The molecule has 146 valence electrons. The van der Waals surface area contributed by atoms with Crippen LogP contribution in [0, 0.1) is 0 Å². The Hall–Kier alpha value is -2.58. The number of nitrogens with one attached hydrogen (secondary N) is 1. The number of carbonyl (C=O) groups is 2. The Morgan fingerprint density at radius 1 is 1.14 bits per heavy atom. The van der Waals surface area contributed by atoms with Crippen LogP contribution in [-0.4, -0.2) is 39.5 Å². The van der Waals surface area contributed by atoms with Gasteiger partial charge in [-0.3, -0.25) is 9.59 Å². The van der Waals surface area contributed by atoms with E-state index in [9.17, 15) is 9.59 Å². The summed E-state index contributed by atoms with van der Waals surface area (Å²) in [4.78, 5) is 27.6. The van der Waals surface area contributed by atoms with E-state index in [2.05, 4.69) is 15.5 Å². The largest absolute Gasteiger partial charge is 0.335 e. The number of carbonyl (C=O) groups excluding carboxylic acids is 2. The predicted octanol–water partition coefficient (Wildman–Crippen LogP) is 4.54. The lowest BCUT2D eigenvalue weighted by Crippen LogP contribution is -2.39. The first-order valence-electron chi connectivity index (χ1n) is 9.11. The Morgan fingerprint density at radius 2 is 1.93 bits per heavy atom. The minimum absolute atomic E-state index is 0.0283. The lowest BCUT2D eigenvalue weighted by atomic mass is 10.2. The van der Waals surface area contributed by atoms with Crippen molar-refractivity contribution in [1.82, 2.24) is 15.1 Å². The van der Waals surface area contributed by atoms with Crippen LogP contribution in [0.5, 0.6) is 0 Å². The Bertz CT molecular complexity index is 909. The Kier molecular flexibility index (Phi) is 6.89. The van der Waals surface area contributed by atoms with Crippen LogP contribution in [0.2, 0.25) is 0 Å². The number of thiophene rings is 1. The number of anilines is 1. The van der Waals surface area contributed by atoms with Crippen molar-refractivity contribution in [2.45, 2.75) is 32.7 Å². The maximum Gasteiger partial charge on any atom is 0.264 e. The molecule has 0 saturated carbocycles. The van der Waals surface area contributed by atoms with E-state index in [1.807, 2.05) is 61.7 Å². The first kappa shape index (κ1) is 20.2. The average molecular weight is 415 g/mol. The fourth-order valence-electron chi connectivity index (χ4n) is 2.66. The number of nitrogens with zero attached hydrogens (tertiary/aromatic N) is 3. The van der Waals surface area contributed by atoms with Gasteiger partial charge in [0.15, 0.2) is 0 Å². The van der Waals surface area contributed by atoms with E-state index in [0.29, 0.717) is 16.6 Å². The second-order valence-corrected chi connectivity index (χ2v) is 8.23. The molecule has 0 spiro atoms. The summed E-state index contributed by atoms with van der Waals surface area (Å²) >= 11 is 2.75. The van der Waals surface area contributed by atoms with Crippen LogP contribution >= 0.6 is 22.7 Å². The molecule has 8 heteroatoms. The maximum absolute atomic E-state index is 12.7. The van der Waals surface area contributed by atoms with E-state index in [1.165, 1.54) is 22.7 Å². The van der Waals surface area contributed by atoms with Gasteiger partial charge in [0, 0.05) is 24.6 Å². The number of rotatable bonds is 8. The van der Waals surface area contributed by atoms with Crippen LogP contribution in [0.4, 0.5) is 5.13 Å². The number of hydrogen-bond acceptors (Lipinski definition) is 6. The zero-order valence-corrected chi connectivity index (χ0v) is 17.4. The van der Waals surface area contributed by atoms with Crippen molar-refractivity contribution < 1.29 is 9.59 Å². The van der Waals surface area contributed by atoms with Crippen molar-refractivity contribution in [3.05, 3.63) is 52.7 Å². The molecule has 0 radical (unpaired) electrons. The molecule has 0 aliphatic heterocycles. The van der Waals surface area contributed by atoms with E-state index in [4.69, 9.17) is 0 Å². The van der Waals surface area contributed by atoms with E-state index in [0.717, 1.165) is 17.0 Å². The van der Waals surface area contributed by atoms with Gasteiger partial charge in [0.2, 0.25) is 11.0 Å². The monoisotopic (exact) mass is 414 g/mol. The molecule has 0 aliphatic rings. The van der Waals surface area contributed by atoms with Gasteiger partial charge in [0.05, 0.1) is 4.88 Å². The third-order valence-electron chi connectivity index (χ3n) is 4.39. The lowest BCUT2D eigenvalue weighted by Gasteiger charge is -2.28. The fraction of sp³-hybridized carbons (Fsp3) is 0.300. The molecule has 28 heavy (non-hydrogen) atoms. The van der Waals surface area contributed by atoms with Crippen molar-refractivity contribution in [1.29, 1.82) is 0 Å². The molecular formula is C20H22N4O2S2. The van der Waals surface area contributed by atoms with Gasteiger partial charge in [-0.2, -0.15) is 0 Å². The topological polar surface area (TPSA) is 75.2 Å². The Morgan fingerprint density at radius 3 is 2.61 bits per heavy atom. The standard InChI is InChI=1S/C20H22N4O2S2/c1-3-14(2)24(19(26)16-10-7-13-27-16)12-11-17(25)21-20-23-22-18(28-20)15-8-5-4-6-9-15/h4-10,13-14H,3,11-12H2,1-2H3,(H,21,23,25). The molecule has 1 aromatic carbocycles. The molecule has 3 rings (SSSR count). The van der Waals surface area contributed by atoms with Crippen molar-refractivity contribution in [2.75, 3.05) is 11.9 Å². The zero-order valence-electron chi connectivity index (χ0n) is 15.8. The fourth-order valence-corrected chi connectivity index (χ4v) is 4.10. The average Bonchev–Trinajstić information content (AvgIpc) is 3.40. The molecule has 6 nitrogen and oxygen atoms in total.